The van der Waals surface area contributed by atoms with Crippen LogP contribution in [0.2, 0.25) is 0 Å². The molecule has 92 valence electrons. The van der Waals surface area contributed by atoms with E-state index in [0.29, 0.717) is 24.8 Å². The molecule has 5 heteroatoms. The van der Waals surface area contributed by atoms with Crippen LogP contribution >= 0.6 is 11.6 Å². The molecule has 0 aromatic carbocycles. The molecule has 0 amide bonds. The van der Waals surface area contributed by atoms with Gasteiger partial charge in [0.15, 0.2) is 0 Å². The molecule has 0 heterocycles. The molecule has 0 spiro atoms. The second kappa shape index (κ2) is 8.36. The molecular weight excluding hydrogens is 234 g/mol. The SMILES string of the molecule is CCC(CC)CNS(=O)(=O)CCCCCl. The summed E-state index contributed by atoms with van der Waals surface area (Å²) in [5.41, 5.74) is 0. The number of rotatable bonds is 9. The van der Waals surface area contributed by atoms with Crippen molar-refractivity contribution in [1.82, 2.24) is 4.72 Å². The van der Waals surface area contributed by atoms with Gasteiger partial charge in [-0.3, -0.25) is 0 Å². The van der Waals surface area contributed by atoms with Crippen LogP contribution in [-0.4, -0.2) is 26.6 Å². The highest BCUT2D eigenvalue weighted by molar-refractivity contribution is 7.89. The van der Waals surface area contributed by atoms with Gasteiger partial charge in [0.05, 0.1) is 5.75 Å². The van der Waals surface area contributed by atoms with E-state index in [9.17, 15) is 8.42 Å². The van der Waals surface area contributed by atoms with Crippen LogP contribution in [0, 0.1) is 5.92 Å². The number of sulfonamides is 1. The second-order valence-electron chi connectivity index (χ2n) is 3.75. The van der Waals surface area contributed by atoms with Crippen molar-refractivity contribution in [2.75, 3.05) is 18.2 Å². The number of nitrogens with one attached hydrogen (secondary N) is 1. The maximum Gasteiger partial charge on any atom is 0.211 e. The molecular formula is C10H22ClNO2S. The molecule has 0 aliphatic rings. The Morgan fingerprint density at radius 3 is 2.27 bits per heavy atom. The normalized spacial score (nSPS) is 12.3. The van der Waals surface area contributed by atoms with Crippen molar-refractivity contribution in [2.45, 2.75) is 39.5 Å². The van der Waals surface area contributed by atoms with Crippen LogP contribution in [-0.2, 0) is 10.0 Å². The molecule has 0 unspecified atom stereocenters. The largest absolute Gasteiger partial charge is 0.215 e. The molecule has 0 saturated heterocycles. The van der Waals surface area contributed by atoms with E-state index in [0.717, 1.165) is 19.3 Å². The Morgan fingerprint density at radius 1 is 1.20 bits per heavy atom. The van der Waals surface area contributed by atoms with Crippen LogP contribution in [0.3, 0.4) is 0 Å². The van der Waals surface area contributed by atoms with Crippen molar-refractivity contribution in [3.05, 3.63) is 0 Å². The lowest BCUT2D eigenvalue weighted by Crippen LogP contribution is -2.31. The zero-order valence-corrected chi connectivity index (χ0v) is 11.2. The Labute approximate surface area is 98.6 Å². The van der Waals surface area contributed by atoms with Crippen LogP contribution in [0.5, 0.6) is 0 Å². The molecule has 3 nitrogen and oxygen atoms in total. The molecule has 0 radical (unpaired) electrons. The summed E-state index contributed by atoms with van der Waals surface area (Å²) in [5.74, 6) is 1.18. The van der Waals surface area contributed by atoms with Gasteiger partial charge in [-0.25, -0.2) is 13.1 Å². The summed E-state index contributed by atoms with van der Waals surface area (Å²) < 4.78 is 25.6. The summed E-state index contributed by atoms with van der Waals surface area (Å²) in [5, 5.41) is 0. The highest BCUT2D eigenvalue weighted by atomic mass is 35.5. The van der Waals surface area contributed by atoms with Crippen molar-refractivity contribution < 1.29 is 8.42 Å². The Balaban J connectivity index is 3.82. The Hall–Kier alpha value is 0.200. The van der Waals surface area contributed by atoms with E-state index in [1.54, 1.807) is 0 Å². The predicted octanol–water partition coefficient (Wildman–Crippen LogP) is 2.36. The topological polar surface area (TPSA) is 46.2 Å². The van der Waals surface area contributed by atoms with Crippen LogP contribution in [0.15, 0.2) is 0 Å². The maximum absolute atomic E-state index is 11.5. The van der Waals surface area contributed by atoms with Gasteiger partial charge in [0.2, 0.25) is 10.0 Å². The van der Waals surface area contributed by atoms with Crippen LogP contribution in [0.4, 0.5) is 0 Å². The number of halogens is 1. The zero-order chi connectivity index (χ0) is 11.7. The minimum atomic E-state index is -3.08. The first-order chi connectivity index (χ1) is 7.05. The molecule has 0 fully saturated rings. The van der Waals surface area contributed by atoms with E-state index < -0.39 is 10.0 Å². The minimum absolute atomic E-state index is 0.194. The fourth-order valence-electron chi connectivity index (χ4n) is 1.28. The molecule has 0 aliphatic carbocycles. The first-order valence-corrected chi connectivity index (χ1v) is 7.77. The quantitative estimate of drug-likeness (QED) is 0.508. The molecule has 0 saturated carbocycles. The van der Waals surface area contributed by atoms with Crippen LogP contribution < -0.4 is 4.72 Å². The maximum atomic E-state index is 11.5. The monoisotopic (exact) mass is 255 g/mol. The van der Waals surface area contributed by atoms with Gasteiger partial charge in [0.25, 0.3) is 0 Å². The molecule has 0 aromatic heterocycles. The lowest BCUT2D eigenvalue weighted by Gasteiger charge is -2.13. The molecule has 1 N–H and O–H groups in total. The summed E-state index contributed by atoms with van der Waals surface area (Å²) >= 11 is 5.49. The van der Waals surface area contributed by atoms with Gasteiger partial charge in [0.1, 0.15) is 0 Å². The van der Waals surface area contributed by atoms with Crippen LogP contribution in [0.1, 0.15) is 39.5 Å². The average molecular weight is 256 g/mol. The molecule has 0 atom stereocenters. The van der Waals surface area contributed by atoms with Crippen molar-refractivity contribution in [1.29, 1.82) is 0 Å². The number of hydrogen-bond donors (Lipinski definition) is 1. The van der Waals surface area contributed by atoms with Gasteiger partial charge in [-0.1, -0.05) is 26.7 Å². The van der Waals surface area contributed by atoms with E-state index in [-0.39, 0.29) is 5.75 Å². The summed E-state index contributed by atoms with van der Waals surface area (Å²) in [6.07, 6.45) is 3.43. The van der Waals surface area contributed by atoms with Gasteiger partial charge in [-0.15, -0.1) is 11.6 Å². The Bertz CT molecular complexity index is 238. The smallest absolute Gasteiger partial charge is 0.211 e. The van der Waals surface area contributed by atoms with E-state index in [1.807, 2.05) is 0 Å². The summed E-state index contributed by atoms with van der Waals surface area (Å²) in [4.78, 5) is 0. The van der Waals surface area contributed by atoms with Gasteiger partial charge in [-0.05, 0) is 18.8 Å². The first-order valence-electron chi connectivity index (χ1n) is 5.59. The molecule has 0 rings (SSSR count). The number of alkyl halides is 1. The van der Waals surface area contributed by atoms with Crippen LogP contribution in [0.25, 0.3) is 0 Å². The molecule has 0 aromatic rings. The summed E-state index contributed by atoms with van der Waals surface area (Å²) in [6.45, 7) is 4.72. The Kier molecular flexibility index (Phi) is 8.47. The molecule has 0 bridgehead atoms. The summed E-state index contributed by atoms with van der Waals surface area (Å²) in [7, 11) is -3.08. The van der Waals surface area contributed by atoms with Gasteiger partial charge in [-0.2, -0.15) is 0 Å². The van der Waals surface area contributed by atoms with Gasteiger partial charge in [0, 0.05) is 12.4 Å². The number of unbranched alkanes of at least 4 members (excludes halogenated alkanes) is 1. The van der Waals surface area contributed by atoms with Gasteiger partial charge >= 0.3 is 0 Å². The number of hydrogen-bond acceptors (Lipinski definition) is 2. The third kappa shape index (κ3) is 8.05. The van der Waals surface area contributed by atoms with E-state index in [4.69, 9.17) is 11.6 Å². The van der Waals surface area contributed by atoms with E-state index in [1.165, 1.54) is 0 Å². The van der Waals surface area contributed by atoms with Gasteiger partial charge < -0.3 is 0 Å². The van der Waals surface area contributed by atoms with Crippen molar-refractivity contribution >= 4 is 21.6 Å². The van der Waals surface area contributed by atoms with Crippen molar-refractivity contribution in [2.24, 2.45) is 5.92 Å². The third-order valence-corrected chi connectivity index (χ3v) is 4.24. The van der Waals surface area contributed by atoms with E-state index in [2.05, 4.69) is 18.6 Å². The lowest BCUT2D eigenvalue weighted by atomic mass is 10.0. The predicted molar refractivity (Wildman–Crippen MR) is 65.8 cm³/mol. The van der Waals surface area contributed by atoms with Crippen molar-refractivity contribution in [3.8, 4) is 0 Å². The standard InChI is InChI=1S/C10H22ClNO2S/c1-3-10(4-2)9-12-15(13,14)8-6-5-7-11/h10,12H,3-9H2,1-2H3. The minimum Gasteiger partial charge on any atom is -0.215 e. The lowest BCUT2D eigenvalue weighted by molar-refractivity contribution is 0.478. The summed E-state index contributed by atoms with van der Waals surface area (Å²) in [6, 6.07) is 0. The second-order valence-corrected chi connectivity index (χ2v) is 6.05. The third-order valence-electron chi connectivity index (χ3n) is 2.54. The Morgan fingerprint density at radius 2 is 1.80 bits per heavy atom. The highest BCUT2D eigenvalue weighted by Crippen LogP contribution is 2.06. The highest BCUT2D eigenvalue weighted by Gasteiger charge is 2.11. The first kappa shape index (κ1) is 15.2. The fourth-order valence-corrected chi connectivity index (χ4v) is 2.69. The molecule has 0 aliphatic heterocycles. The fraction of sp³-hybridized carbons (Fsp3) is 1.00. The van der Waals surface area contributed by atoms with E-state index >= 15 is 0 Å². The average Bonchev–Trinajstić information content (AvgIpc) is 2.19. The molecule has 15 heavy (non-hydrogen) atoms. The zero-order valence-electron chi connectivity index (χ0n) is 9.63. The van der Waals surface area contributed by atoms with Crippen molar-refractivity contribution in [3.63, 3.8) is 0 Å².